The molecule has 0 aliphatic carbocycles. The molecule has 2 N–H and O–H groups in total. The average molecular weight is 211 g/mol. The molecular weight excluding hydrogens is 194 g/mol. The van der Waals surface area contributed by atoms with E-state index in [1.165, 1.54) is 0 Å². The first-order valence-corrected chi connectivity index (χ1v) is 4.81. The summed E-state index contributed by atoms with van der Waals surface area (Å²) in [6.45, 7) is 2.53. The van der Waals surface area contributed by atoms with Crippen LogP contribution in [0.2, 0.25) is 0 Å². The average Bonchev–Trinajstić information content (AvgIpc) is 2.26. The van der Waals surface area contributed by atoms with E-state index >= 15 is 0 Å². The molecule has 0 aliphatic rings. The maximum atomic E-state index is 8.73. The third-order valence-corrected chi connectivity index (χ3v) is 2.21. The third kappa shape index (κ3) is 2.53. The standard InChI is InChI=1S/C11H17NO3/c1-8-10(14-2)5-4-9(11(8)15-3)12-6-7-13/h4-5,12-13H,6-7H2,1-3H3. The second-order valence-corrected chi connectivity index (χ2v) is 3.12. The number of benzene rings is 1. The maximum absolute atomic E-state index is 8.73. The second kappa shape index (κ2) is 5.46. The number of hydrogen-bond acceptors (Lipinski definition) is 4. The quantitative estimate of drug-likeness (QED) is 0.773. The molecule has 1 rings (SSSR count). The van der Waals surface area contributed by atoms with Gasteiger partial charge in [0, 0.05) is 12.1 Å². The van der Waals surface area contributed by atoms with Gasteiger partial charge in [-0.15, -0.1) is 0 Å². The van der Waals surface area contributed by atoms with E-state index in [9.17, 15) is 0 Å². The van der Waals surface area contributed by atoms with E-state index in [2.05, 4.69) is 5.32 Å². The molecule has 0 unspecified atom stereocenters. The number of ether oxygens (including phenoxy) is 2. The summed E-state index contributed by atoms with van der Waals surface area (Å²) in [4.78, 5) is 0. The van der Waals surface area contributed by atoms with Crippen LogP contribution in [0.3, 0.4) is 0 Å². The smallest absolute Gasteiger partial charge is 0.148 e. The number of hydrogen-bond donors (Lipinski definition) is 2. The van der Waals surface area contributed by atoms with Gasteiger partial charge in [-0.1, -0.05) is 0 Å². The molecule has 0 saturated carbocycles. The predicted molar refractivity (Wildman–Crippen MR) is 59.9 cm³/mol. The normalized spacial score (nSPS) is 9.87. The van der Waals surface area contributed by atoms with Crippen molar-refractivity contribution in [2.75, 3.05) is 32.7 Å². The van der Waals surface area contributed by atoms with Crippen molar-refractivity contribution < 1.29 is 14.6 Å². The van der Waals surface area contributed by atoms with Crippen LogP contribution in [0.1, 0.15) is 5.56 Å². The van der Waals surface area contributed by atoms with Gasteiger partial charge in [-0.25, -0.2) is 0 Å². The van der Waals surface area contributed by atoms with E-state index in [1.54, 1.807) is 14.2 Å². The van der Waals surface area contributed by atoms with Crippen molar-refractivity contribution in [1.82, 2.24) is 0 Å². The molecule has 1 aromatic rings. The van der Waals surface area contributed by atoms with E-state index in [0.717, 1.165) is 22.7 Å². The Bertz CT molecular complexity index is 326. The molecule has 0 heterocycles. The van der Waals surface area contributed by atoms with Crippen LogP contribution < -0.4 is 14.8 Å². The molecule has 15 heavy (non-hydrogen) atoms. The molecule has 0 fully saturated rings. The van der Waals surface area contributed by atoms with Crippen LogP contribution in [0.25, 0.3) is 0 Å². The molecular formula is C11H17NO3. The van der Waals surface area contributed by atoms with Gasteiger partial charge >= 0.3 is 0 Å². The highest BCUT2D eigenvalue weighted by Crippen LogP contribution is 2.34. The van der Waals surface area contributed by atoms with Gasteiger partial charge in [0.1, 0.15) is 11.5 Å². The minimum absolute atomic E-state index is 0.0915. The monoisotopic (exact) mass is 211 g/mol. The van der Waals surface area contributed by atoms with Crippen molar-refractivity contribution in [2.24, 2.45) is 0 Å². The zero-order valence-corrected chi connectivity index (χ0v) is 9.33. The molecule has 0 amide bonds. The molecule has 84 valence electrons. The van der Waals surface area contributed by atoms with Crippen molar-refractivity contribution >= 4 is 5.69 Å². The number of aliphatic hydroxyl groups is 1. The Morgan fingerprint density at radius 3 is 2.53 bits per heavy atom. The Balaban J connectivity index is 3.01. The number of methoxy groups -OCH3 is 2. The minimum Gasteiger partial charge on any atom is -0.496 e. The fraction of sp³-hybridized carbons (Fsp3) is 0.455. The summed E-state index contributed by atoms with van der Waals surface area (Å²) in [6.07, 6.45) is 0. The van der Waals surface area contributed by atoms with Crippen LogP contribution in [0, 0.1) is 6.92 Å². The first kappa shape index (κ1) is 11.7. The highest BCUT2D eigenvalue weighted by Gasteiger charge is 2.10. The molecule has 0 bridgehead atoms. The second-order valence-electron chi connectivity index (χ2n) is 3.12. The molecule has 4 nitrogen and oxygen atoms in total. The number of nitrogens with one attached hydrogen (secondary N) is 1. The first-order chi connectivity index (χ1) is 7.24. The Labute approximate surface area is 89.8 Å². The lowest BCUT2D eigenvalue weighted by atomic mass is 10.1. The minimum atomic E-state index is 0.0915. The molecule has 4 heteroatoms. The van der Waals surface area contributed by atoms with Gasteiger partial charge < -0.3 is 19.9 Å². The topological polar surface area (TPSA) is 50.7 Å². The van der Waals surface area contributed by atoms with Gasteiger partial charge in [0.25, 0.3) is 0 Å². The molecule has 0 saturated heterocycles. The van der Waals surface area contributed by atoms with Crippen molar-refractivity contribution in [3.8, 4) is 11.5 Å². The van der Waals surface area contributed by atoms with Gasteiger partial charge in [-0.05, 0) is 19.1 Å². The summed E-state index contributed by atoms with van der Waals surface area (Å²) in [5.41, 5.74) is 1.81. The first-order valence-electron chi connectivity index (χ1n) is 4.81. The number of rotatable bonds is 5. The van der Waals surface area contributed by atoms with Gasteiger partial charge in [-0.2, -0.15) is 0 Å². The van der Waals surface area contributed by atoms with Gasteiger partial charge in [0.15, 0.2) is 0 Å². The zero-order chi connectivity index (χ0) is 11.3. The zero-order valence-electron chi connectivity index (χ0n) is 9.33. The largest absolute Gasteiger partial charge is 0.496 e. The SMILES string of the molecule is COc1ccc(NCCO)c(OC)c1C. The molecule has 0 aliphatic heterocycles. The number of anilines is 1. The molecule has 0 atom stereocenters. The maximum Gasteiger partial charge on any atom is 0.148 e. The fourth-order valence-corrected chi connectivity index (χ4v) is 1.49. The Morgan fingerprint density at radius 1 is 1.27 bits per heavy atom. The third-order valence-electron chi connectivity index (χ3n) is 2.21. The van der Waals surface area contributed by atoms with Crippen molar-refractivity contribution in [1.29, 1.82) is 0 Å². The van der Waals surface area contributed by atoms with Crippen LogP contribution in [-0.2, 0) is 0 Å². The van der Waals surface area contributed by atoms with Crippen LogP contribution in [0.5, 0.6) is 11.5 Å². The Hall–Kier alpha value is -1.42. The Kier molecular flexibility index (Phi) is 4.24. The van der Waals surface area contributed by atoms with Gasteiger partial charge in [0.05, 0.1) is 26.5 Å². The van der Waals surface area contributed by atoms with Crippen molar-refractivity contribution in [2.45, 2.75) is 6.92 Å². The lowest BCUT2D eigenvalue weighted by Gasteiger charge is -2.15. The van der Waals surface area contributed by atoms with Crippen LogP contribution in [0.4, 0.5) is 5.69 Å². The van der Waals surface area contributed by atoms with Crippen LogP contribution >= 0.6 is 0 Å². The lowest BCUT2D eigenvalue weighted by molar-refractivity contribution is 0.310. The van der Waals surface area contributed by atoms with Gasteiger partial charge in [0.2, 0.25) is 0 Å². The fourth-order valence-electron chi connectivity index (χ4n) is 1.49. The summed E-state index contributed by atoms with van der Waals surface area (Å²) in [5, 5.41) is 11.8. The van der Waals surface area contributed by atoms with E-state index in [1.807, 2.05) is 19.1 Å². The van der Waals surface area contributed by atoms with E-state index < -0.39 is 0 Å². The van der Waals surface area contributed by atoms with E-state index in [0.29, 0.717) is 6.54 Å². The van der Waals surface area contributed by atoms with Crippen LogP contribution in [0.15, 0.2) is 12.1 Å². The lowest BCUT2D eigenvalue weighted by Crippen LogP contribution is -2.07. The summed E-state index contributed by atoms with van der Waals surface area (Å²) in [6, 6.07) is 3.75. The van der Waals surface area contributed by atoms with Gasteiger partial charge in [-0.3, -0.25) is 0 Å². The number of aliphatic hydroxyl groups excluding tert-OH is 1. The molecule has 0 aromatic heterocycles. The van der Waals surface area contributed by atoms with E-state index in [4.69, 9.17) is 14.6 Å². The predicted octanol–water partition coefficient (Wildman–Crippen LogP) is 1.42. The Morgan fingerprint density at radius 2 is 2.00 bits per heavy atom. The molecule has 0 radical (unpaired) electrons. The summed E-state index contributed by atoms with van der Waals surface area (Å²) < 4.78 is 10.5. The van der Waals surface area contributed by atoms with E-state index in [-0.39, 0.29) is 6.61 Å². The van der Waals surface area contributed by atoms with Crippen LogP contribution in [-0.4, -0.2) is 32.5 Å². The molecule has 0 spiro atoms. The van der Waals surface area contributed by atoms with Crippen molar-refractivity contribution in [3.63, 3.8) is 0 Å². The summed E-state index contributed by atoms with van der Waals surface area (Å²) in [5.74, 6) is 1.55. The molecule has 1 aromatic carbocycles. The summed E-state index contributed by atoms with van der Waals surface area (Å²) in [7, 11) is 3.24. The van der Waals surface area contributed by atoms with Crippen molar-refractivity contribution in [3.05, 3.63) is 17.7 Å². The highest BCUT2D eigenvalue weighted by atomic mass is 16.5. The summed E-state index contributed by atoms with van der Waals surface area (Å²) >= 11 is 0. The highest BCUT2D eigenvalue weighted by molar-refractivity contribution is 5.63.